The molecular formula is C9H18F3NO3S. The molecule has 0 fully saturated rings. The molecule has 0 amide bonds. The van der Waals surface area contributed by atoms with Gasteiger partial charge in [0.2, 0.25) is 0 Å². The average Bonchev–Trinajstić information content (AvgIpc) is 2.14. The molecule has 0 aromatic heterocycles. The van der Waals surface area contributed by atoms with Crippen LogP contribution in [0.1, 0.15) is 13.8 Å². The largest absolute Gasteiger partial charge is 0.411 e. The standard InChI is InChI=1S/C9H18F3NO3S/c1-8(2)17(14,15)6-4-13-3-5-16-7-9(10,11)12/h8,13H,3-7H2,1-2H3. The SMILES string of the molecule is CC(C)S(=O)(=O)CCNCCOCC(F)(F)F. The number of sulfone groups is 1. The molecule has 0 aliphatic carbocycles. The summed E-state index contributed by atoms with van der Waals surface area (Å²) in [6.45, 7) is 2.21. The van der Waals surface area contributed by atoms with Crippen LogP contribution in [0.3, 0.4) is 0 Å². The monoisotopic (exact) mass is 277 g/mol. The van der Waals surface area contributed by atoms with Gasteiger partial charge in [-0.05, 0) is 13.8 Å². The molecule has 0 aliphatic heterocycles. The third-order valence-corrected chi connectivity index (χ3v) is 4.18. The Bertz CT molecular complexity index is 301. The first kappa shape index (κ1) is 16.7. The van der Waals surface area contributed by atoms with Crippen molar-refractivity contribution >= 4 is 9.84 Å². The van der Waals surface area contributed by atoms with Gasteiger partial charge in [-0.25, -0.2) is 8.42 Å². The number of alkyl halides is 3. The second kappa shape index (κ2) is 7.17. The van der Waals surface area contributed by atoms with Crippen LogP contribution >= 0.6 is 0 Å². The van der Waals surface area contributed by atoms with Crippen molar-refractivity contribution in [2.24, 2.45) is 0 Å². The lowest BCUT2D eigenvalue weighted by Gasteiger charge is -2.09. The van der Waals surface area contributed by atoms with E-state index in [1.54, 1.807) is 13.8 Å². The van der Waals surface area contributed by atoms with Crippen LogP contribution in [-0.4, -0.2) is 51.9 Å². The molecule has 17 heavy (non-hydrogen) atoms. The number of halogens is 3. The maximum Gasteiger partial charge on any atom is 0.411 e. The zero-order valence-electron chi connectivity index (χ0n) is 9.88. The topological polar surface area (TPSA) is 55.4 Å². The highest BCUT2D eigenvalue weighted by molar-refractivity contribution is 7.92. The zero-order chi connectivity index (χ0) is 13.5. The summed E-state index contributed by atoms with van der Waals surface area (Å²) in [4.78, 5) is 0. The molecule has 0 unspecified atom stereocenters. The van der Waals surface area contributed by atoms with Gasteiger partial charge in [0.25, 0.3) is 0 Å². The molecule has 0 aliphatic rings. The van der Waals surface area contributed by atoms with Gasteiger partial charge >= 0.3 is 6.18 Å². The van der Waals surface area contributed by atoms with E-state index in [1.807, 2.05) is 0 Å². The van der Waals surface area contributed by atoms with Crippen molar-refractivity contribution < 1.29 is 26.3 Å². The molecule has 0 spiro atoms. The van der Waals surface area contributed by atoms with Crippen molar-refractivity contribution in [1.82, 2.24) is 5.32 Å². The molecule has 8 heteroatoms. The van der Waals surface area contributed by atoms with Crippen molar-refractivity contribution in [3.8, 4) is 0 Å². The van der Waals surface area contributed by atoms with Crippen molar-refractivity contribution in [3.05, 3.63) is 0 Å². The van der Waals surface area contributed by atoms with E-state index < -0.39 is 27.9 Å². The Morgan fingerprint density at radius 3 is 2.29 bits per heavy atom. The molecule has 1 N–H and O–H groups in total. The Labute approximate surface area is 99.4 Å². The maximum absolute atomic E-state index is 11.7. The Kier molecular flexibility index (Phi) is 7.03. The zero-order valence-corrected chi connectivity index (χ0v) is 10.7. The predicted molar refractivity (Wildman–Crippen MR) is 58.7 cm³/mol. The lowest BCUT2D eigenvalue weighted by atomic mass is 10.6. The fraction of sp³-hybridized carbons (Fsp3) is 1.00. The molecule has 0 atom stereocenters. The van der Waals surface area contributed by atoms with Gasteiger partial charge in [-0.3, -0.25) is 0 Å². The van der Waals surface area contributed by atoms with Crippen LogP contribution < -0.4 is 5.32 Å². The number of nitrogens with one attached hydrogen (secondary N) is 1. The van der Waals surface area contributed by atoms with Gasteiger partial charge in [-0.15, -0.1) is 0 Å². The van der Waals surface area contributed by atoms with Gasteiger partial charge < -0.3 is 10.1 Å². The molecule has 0 bridgehead atoms. The minimum Gasteiger partial charge on any atom is -0.371 e. The van der Waals surface area contributed by atoms with E-state index in [4.69, 9.17) is 0 Å². The fourth-order valence-corrected chi connectivity index (χ4v) is 1.81. The van der Waals surface area contributed by atoms with Gasteiger partial charge in [0.1, 0.15) is 6.61 Å². The number of hydrogen-bond donors (Lipinski definition) is 1. The van der Waals surface area contributed by atoms with E-state index >= 15 is 0 Å². The molecule has 0 aromatic rings. The first-order chi connectivity index (χ1) is 7.65. The van der Waals surface area contributed by atoms with Crippen molar-refractivity contribution in [3.63, 3.8) is 0 Å². The molecule has 0 rings (SSSR count). The average molecular weight is 277 g/mol. The van der Waals surface area contributed by atoms with Crippen LogP contribution in [0.5, 0.6) is 0 Å². The summed E-state index contributed by atoms with van der Waals surface area (Å²) in [7, 11) is -3.10. The Hall–Kier alpha value is -0.340. The second-order valence-corrected chi connectivity index (χ2v) is 6.51. The molecule has 0 heterocycles. The summed E-state index contributed by atoms with van der Waals surface area (Å²) >= 11 is 0. The molecule has 0 radical (unpaired) electrons. The summed E-state index contributed by atoms with van der Waals surface area (Å²) < 4.78 is 62.0. The van der Waals surface area contributed by atoms with Crippen molar-refractivity contribution in [2.75, 3.05) is 32.1 Å². The van der Waals surface area contributed by atoms with Crippen LogP contribution in [0.25, 0.3) is 0 Å². The maximum atomic E-state index is 11.7. The van der Waals surface area contributed by atoms with E-state index in [1.165, 1.54) is 0 Å². The quantitative estimate of drug-likeness (QED) is 0.672. The summed E-state index contributed by atoms with van der Waals surface area (Å²) in [5, 5.41) is 2.27. The van der Waals surface area contributed by atoms with Gasteiger partial charge in [0, 0.05) is 13.1 Å². The molecular weight excluding hydrogens is 259 g/mol. The second-order valence-electron chi connectivity index (χ2n) is 3.83. The lowest BCUT2D eigenvalue weighted by molar-refractivity contribution is -0.173. The van der Waals surface area contributed by atoms with Gasteiger partial charge in [-0.2, -0.15) is 13.2 Å². The third-order valence-electron chi connectivity index (χ3n) is 1.97. The van der Waals surface area contributed by atoms with E-state index in [9.17, 15) is 21.6 Å². The fourth-order valence-electron chi connectivity index (χ4n) is 0.907. The van der Waals surface area contributed by atoms with Crippen LogP contribution in [0, 0.1) is 0 Å². The molecule has 0 aromatic carbocycles. The smallest absolute Gasteiger partial charge is 0.371 e. The Morgan fingerprint density at radius 2 is 1.82 bits per heavy atom. The summed E-state index contributed by atoms with van der Waals surface area (Å²) in [6, 6.07) is 0. The van der Waals surface area contributed by atoms with Gasteiger partial charge in [0.05, 0.1) is 17.6 Å². The van der Waals surface area contributed by atoms with Crippen LogP contribution in [0.4, 0.5) is 13.2 Å². The normalized spacial score (nSPS) is 13.3. The van der Waals surface area contributed by atoms with Crippen LogP contribution in [-0.2, 0) is 14.6 Å². The molecule has 0 saturated heterocycles. The van der Waals surface area contributed by atoms with Crippen LogP contribution in [0.15, 0.2) is 0 Å². The number of hydrogen-bond acceptors (Lipinski definition) is 4. The summed E-state index contributed by atoms with van der Waals surface area (Å²) in [6.07, 6.45) is -4.32. The Balaban J connectivity index is 3.49. The van der Waals surface area contributed by atoms with Crippen LogP contribution in [0.2, 0.25) is 0 Å². The number of ether oxygens (including phenoxy) is 1. The van der Waals surface area contributed by atoms with Gasteiger partial charge in [0.15, 0.2) is 9.84 Å². The molecule has 4 nitrogen and oxygen atoms in total. The van der Waals surface area contributed by atoms with E-state index in [-0.39, 0.29) is 25.4 Å². The van der Waals surface area contributed by atoms with E-state index in [0.29, 0.717) is 0 Å². The highest BCUT2D eigenvalue weighted by Crippen LogP contribution is 2.13. The predicted octanol–water partition coefficient (Wildman–Crippen LogP) is 0.978. The summed E-state index contributed by atoms with van der Waals surface area (Å²) in [5.41, 5.74) is 0. The van der Waals surface area contributed by atoms with Crippen molar-refractivity contribution in [1.29, 1.82) is 0 Å². The first-order valence-electron chi connectivity index (χ1n) is 5.22. The van der Waals surface area contributed by atoms with Gasteiger partial charge in [-0.1, -0.05) is 0 Å². The minimum absolute atomic E-state index is 0.0239. The van der Waals surface area contributed by atoms with Crippen molar-refractivity contribution in [2.45, 2.75) is 25.3 Å². The van der Waals surface area contributed by atoms with E-state index in [0.717, 1.165) is 0 Å². The summed E-state index contributed by atoms with van der Waals surface area (Å²) in [5.74, 6) is -0.0239. The third kappa shape index (κ3) is 9.37. The lowest BCUT2D eigenvalue weighted by Crippen LogP contribution is -2.30. The number of rotatable bonds is 8. The molecule has 104 valence electrons. The van der Waals surface area contributed by atoms with E-state index in [2.05, 4.69) is 10.1 Å². The highest BCUT2D eigenvalue weighted by Gasteiger charge is 2.27. The highest BCUT2D eigenvalue weighted by atomic mass is 32.2. The first-order valence-corrected chi connectivity index (χ1v) is 6.93. The Morgan fingerprint density at radius 1 is 1.24 bits per heavy atom. The molecule has 0 saturated carbocycles. The minimum atomic E-state index is -4.32.